The number of anilines is 1. The normalized spacial score (nSPS) is 10.4. The average molecular weight is 407 g/mol. The lowest BCUT2D eigenvalue weighted by Crippen LogP contribution is -2.20. The first-order chi connectivity index (χ1) is 12.5. The van der Waals surface area contributed by atoms with Gasteiger partial charge in [-0.25, -0.2) is 9.78 Å². The number of hydrogen-bond donors (Lipinski definition) is 1. The molecular weight excluding hydrogens is 395 g/mol. The van der Waals surface area contributed by atoms with Crippen LogP contribution in [0.25, 0.3) is 11.3 Å². The quantitative estimate of drug-likeness (QED) is 0.610. The second-order valence-electron chi connectivity index (χ2n) is 5.16. The molecule has 5 nitrogen and oxygen atoms in total. The Kier molecular flexibility index (Phi) is 5.88. The van der Waals surface area contributed by atoms with Gasteiger partial charge >= 0.3 is 5.97 Å². The smallest absolute Gasteiger partial charge is 0.338 e. The van der Waals surface area contributed by atoms with Crippen molar-refractivity contribution in [3.05, 3.63) is 69.5 Å². The molecular formula is C18H12Cl2N2O3S. The lowest BCUT2D eigenvalue weighted by atomic mass is 10.2. The molecule has 0 aliphatic rings. The van der Waals surface area contributed by atoms with Gasteiger partial charge in [0.05, 0.1) is 21.3 Å². The highest BCUT2D eigenvalue weighted by Crippen LogP contribution is 2.25. The molecule has 3 rings (SSSR count). The van der Waals surface area contributed by atoms with Gasteiger partial charge in [-0.1, -0.05) is 53.5 Å². The third-order valence-electron chi connectivity index (χ3n) is 3.31. The molecule has 0 atom stereocenters. The van der Waals surface area contributed by atoms with Crippen molar-refractivity contribution in [3.63, 3.8) is 0 Å². The number of ether oxygens (including phenoxy) is 1. The minimum absolute atomic E-state index is 0.216. The molecule has 0 saturated carbocycles. The second-order valence-corrected chi connectivity index (χ2v) is 6.83. The largest absolute Gasteiger partial charge is 0.452 e. The fourth-order valence-corrected chi connectivity index (χ4v) is 3.10. The van der Waals surface area contributed by atoms with E-state index in [-0.39, 0.29) is 10.6 Å². The van der Waals surface area contributed by atoms with Crippen LogP contribution < -0.4 is 5.32 Å². The average Bonchev–Trinajstić information content (AvgIpc) is 3.11. The van der Waals surface area contributed by atoms with Gasteiger partial charge in [0.25, 0.3) is 5.91 Å². The molecule has 0 aliphatic carbocycles. The predicted molar refractivity (Wildman–Crippen MR) is 103 cm³/mol. The summed E-state index contributed by atoms with van der Waals surface area (Å²) in [6, 6.07) is 13.9. The van der Waals surface area contributed by atoms with Crippen LogP contribution in [-0.2, 0) is 9.53 Å². The molecule has 8 heteroatoms. The number of aromatic nitrogens is 1. The maximum Gasteiger partial charge on any atom is 0.338 e. The van der Waals surface area contributed by atoms with E-state index in [0.717, 1.165) is 11.3 Å². The second kappa shape index (κ2) is 8.31. The number of esters is 1. The molecule has 1 heterocycles. The Balaban J connectivity index is 1.55. The molecule has 2 aromatic carbocycles. The minimum atomic E-state index is -0.664. The van der Waals surface area contributed by atoms with Gasteiger partial charge in [0.1, 0.15) is 0 Å². The van der Waals surface area contributed by atoms with Gasteiger partial charge < -0.3 is 4.74 Å². The molecule has 132 valence electrons. The van der Waals surface area contributed by atoms with Crippen LogP contribution in [-0.4, -0.2) is 23.5 Å². The number of carbonyl (C=O) groups excluding carboxylic acids is 2. The summed E-state index contributed by atoms with van der Waals surface area (Å²) < 4.78 is 4.97. The van der Waals surface area contributed by atoms with E-state index < -0.39 is 18.5 Å². The highest BCUT2D eigenvalue weighted by Gasteiger charge is 2.13. The number of hydrogen-bond acceptors (Lipinski definition) is 5. The Hall–Kier alpha value is -2.41. The first-order valence-electron chi connectivity index (χ1n) is 7.46. The van der Waals surface area contributed by atoms with Gasteiger partial charge in [-0.3, -0.25) is 10.1 Å². The molecule has 0 aliphatic heterocycles. The van der Waals surface area contributed by atoms with E-state index in [4.69, 9.17) is 27.9 Å². The van der Waals surface area contributed by atoms with E-state index in [1.807, 2.05) is 35.7 Å². The number of halogens is 2. The van der Waals surface area contributed by atoms with Crippen LogP contribution in [0.3, 0.4) is 0 Å². The van der Waals surface area contributed by atoms with Crippen molar-refractivity contribution in [1.29, 1.82) is 0 Å². The van der Waals surface area contributed by atoms with E-state index >= 15 is 0 Å². The zero-order valence-electron chi connectivity index (χ0n) is 13.2. The van der Waals surface area contributed by atoms with Gasteiger partial charge in [-0.2, -0.15) is 0 Å². The number of nitrogens with one attached hydrogen (secondary N) is 1. The predicted octanol–water partition coefficient (Wildman–Crippen LogP) is 4.91. The highest BCUT2D eigenvalue weighted by atomic mass is 35.5. The lowest BCUT2D eigenvalue weighted by Gasteiger charge is -2.05. The van der Waals surface area contributed by atoms with E-state index in [0.29, 0.717) is 10.2 Å². The van der Waals surface area contributed by atoms with Crippen LogP contribution >= 0.6 is 34.5 Å². The zero-order valence-corrected chi connectivity index (χ0v) is 15.6. The Labute approximate surface area is 163 Å². The summed E-state index contributed by atoms with van der Waals surface area (Å²) in [5.41, 5.74) is 1.93. The first kappa shape index (κ1) is 18.4. The van der Waals surface area contributed by atoms with Crippen LogP contribution in [0.2, 0.25) is 10.0 Å². The summed E-state index contributed by atoms with van der Waals surface area (Å²) in [6.45, 7) is -0.431. The van der Waals surface area contributed by atoms with Crippen LogP contribution in [0.4, 0.5) is 5.13 Å². The molecule has 1 aromatic heterocycles. The molecule has 0 fully saturated rings. The maximum absolute atomic E-state index is 11.9. The standard InChI is InChI=1S/C18H12Cl2N2O3S/c19-13-7-6-12(8-14(13)20)17(24)25-9-16(23)22-18-21-15(10-26-18)11-4-2-1-3-5-11/h1-8,10H,9H2,(H,21,22,23). The molecule has 1 N–H and O–H groups in total. The number of rotatable bonds is 5. The molecule has 3 aromatic rings. The van der Waals surface area contributed by atoms with Crippen molar-refractivity contribution in [1.82, 2.24) is 4.98 Å². The van der Waals surface area contributed by atoms with E-state index in [9.17, 15) is 9.59 Å². The van der Waals surface area contributed by atoms with E-state index in [2.05, 4.69) is 10.3 Å². The molecule has 0 bridgehead atoms. The minimum Gasteiger partial charge on any atom is -0.452 e. The number of thiazole rings is 1. The Morgan fingerprint density at radius 2 is 1.85 bits per heavy atom. The third kappa shape index (κ3) is 4.60. The van der Waals surface area contributed by atoms with Crippen molar-refractivity contribution in [2.45, 2.75) is 0 Å². The summed E-state index contributed by atoms with van der Waals surface area (Å²) in [5, 5.41) is 5.44. The van der Waals surface area contributed by atoms with Crippen LogP contribution in [0.5, 0.6) is 0 Å². The molecule has 26 heavy (non-hydrogen) atoms. The third-order valence-corrected chi connectivity index (χ3v) is 4.81. The monoisotopic (exact) mass is 406 g/mol. The van der Waals surface area contributed by atoms with Gasteiger partial charge in [0, 0.05) is 10.9 Å². The number of carbonyl (C=O) groups is 2. The van der Waals surface area contributed by atoms with Gasteiger partial charge in [0.15, 0.2) is 11.7 Å². The Morgan fingerprint density at radius 1 is 1.08 bits per heavy atom. The highest BCUT2D eigenvalue weighted by molar-refractivity contribution is 7.14. The van der Waals surface area contributed by atoms with Gasteiger partial charge in [-0.05, 0) is 18.2 Å². The Bertz CT molecular complexity index is 945. The van der Waals surface area contributed by atoms with Crippen molar-refractivity contribution >= 4 is 51.5 Å². The molecule has 1 amide bonds. The van der Waals surface area contributed by atoms with E-state index in [1.165, 1.54) is 29.5 Å². The maximum atomic E-state index is 11.9. The molecule has 0 spiro atoms. The molecule has 0 radical (unpaired) electrons. The van der Waals surface area contributed by atoms with Crippen LogP contribution in [0.1, 0.15) is 10.4 Å². The first-order valence-corrected chi connectivity index (χ1v) is 9.09. The van der Waals surface area contributed by atoms with Gasteiger partial charge in [0.2, 0.25) is 0 Å². The summed E-state index contributed by atoms with van der Waals surface area (Å²) in [6.07, 6.45) is 0. The van der Waals surface area contributed by atoms with Crippen molar-refractivity contribution in [3.8, 4) is 11.3 Å². The number of amides is 1. The molecule has 0 unspecified atom stereocenters. The molecule has 0 saturated heterocycles. The lowest BCUT2D eigenvalue weighted by molar-refractivity contribution is -0.119. The summed E-state index contributed by atoms with van der Waals surface area (Å²) in [4.78, 5) is 28.2. The SMILES string of the molecule is O=C(COC(=O)c1ccc(Cl)c(Cl)c1)Nc1nc(-c2ccccc2)cs1. The summed E-state index contributed by atoms with van der Waals surface area (Å²) in [5.74, 6) is -1.14. The van der Waals surface area contributed by atoms with Crippen LogP contribution in [0.15, 0.2) is 53.9 Å². The Morgan fingerprint density at radius 3 is 2.58 bits per heavy atom. The fourth-order valence-electron chi connectivity index (χ4n) is 2.07. The number of benzene rings is 2. The fraction of sp³-hybridized carbons (Fsp3) is 0.0556. The summed E-state index contributed by atoms with van der Waals surface area (Å²) in [7, 11) is 0. The number of nitrogens with zero attached hydrogens (tertiary/aromatic N) is 1. The summed E-state index contributed by atoms with van der Waals surface area (Å²) >= 11 is 12.9. The van der Waals surface area contributed by atoms with Crippen molar-refractivity contribution in [2.75, 3.05) is 11.9 Å². The van der Waals surface area contributed by atoms with Crippen molar-refractivity contribution < 1.29 is 14.3 Å². The zero-order chi connectivity index (χ0) is 18.5. The van der Waals surface area contributed by atoms with Crippen molar-refractivity contribution in [2.24, 2.45) is 0 Å². The van der Waals surface area contributed by atoms with E-state index in [1.54, 1.807) is 0 Å². The van der Waals surface area contributed by atoms with Gasteiger partial charge in [-0.15, -0.1) is 11.3 Å². The van der Waals surface area contributed by atoms with Crippen LogP contribution in [0, 0.1) is 0 Å². The topological polar surface area (TPSA) is 68.3 Å².